The lowest BCUT2D eigenvalue weighted by atomic mass is 10.1. The second kappa shape index (κ2) is 5.48. The lowest BCUT2D eigenvalue weighted by Crippen LogP contribution is -2.40. The smallest absolute Gasteiger partial charge is 0.428 e. The van der Waals surface area contributed by atoms with Crippen LogP contribution >= 0.6 is 0 Å². The van der Waals surface area contributed by atoms with Crippen LogP contribution in [-0.2, 0) is 4.74 Å². The highest BCUT2D eigenvalue weighted by molar-refractivity contribution is 5.68. The molecule has 2 N–H and O–H groups in total. The second-order valence-corrected chi connectivity index (χ2v) is 4.73. The average molecular weight is 267 g/mol. The van der Waals surface area contributed by atoms with Crippen molar-refractivity contribution in [1.29, 1.82) is 0 Å². The lowest BCUT2D eigenvalue weighted by molar-refractivity contribution is -0.228. The summed E-state index contributed by atoms with van der Waals surface area (Å²) in [6.45, 7) is 5.13. The number of rotatable bonds is 1. The van der Waals surface area contributed by atoms with Gasteiger partial charge in [-0.15, -0.1) is 0 Å². The molecule has 0 heterocycles. The summed E-state index contributed by atoms with van der Waals surface area (Å²) in [5.41, 5.74) is -3.79. The molecule has 0 spiro atoms. The highest BCUT2D eigenvalue weighted by Crippen LogP contribution is 2.28. The lowest BCUT2D eigenvalue weighted by Gasteiger charge is -2.20. The molecule has 0 fully saturated rings. The monoisotopic (exact) mass is 267 g/mol. The van der Waals surface area contributed by atoms with E-state index in [1.54, 1.807) is 26.7 Å². The number of amides is 1. The van der Waals surface area contributed by atoms with Crippen molar-refractivity contribution < 1.29 is 27.8 Å². The molecule has 0 aromatic heterocycles. The molecule has 1 atom stereocenters. The van der Waals surface area contributed by atoms with E-state index in [4.69, 9.17) is 9.84 Å². The first kappa shape index (κ1) is 16.6. The summed E-state index contributed by atoms with van der Waals surface area (Å²) in [6.07, 6.45) is -5.63. The van der Waals surface area contributed by atoms with Gasteiger partial charge in [-0.3, -0.25) is 0 Å². The van der Waals surface area contributed by atoms with Gasteiger partial charge < -0.3 is 15.2 Å². The van der Waals surface area contributed by atoms with Gasteiger partial charge in [0, 0.05) is 0 Å². The fourth-order valence-electron chi connectivity index (χ4n) is 0.718. The van der Waals surface area contributed by atoms with Crippen LogP contribution < -0.4 is 5.32 Å². The van der Waals surface area contributed by atoms with Crippen LogP contribution in [-0.4, -0.2) is 35.1 Å². The Kier molecular flexibility index (Phi) is 5.05. The van der Waals surface area contributed by atoms with Crippen molar-refractivity contribution in [2.24, 2.45) is 0 Å². The van der Waals surface area contributed by atoms with Crippen LogP contribution in [0.1, 0.15) is 27.7 Å². The van der Waals surface area contributed by atoms with E-state index in [1.165, 1.54) is 0 Å². The van der Waals surface area contributed by atoms with E-state index >= 15 is 0 Å². The van der Waals surface area contributed by atoms with Gasteiger partial charge in [0.25, 0.3) is 0 Å². The number of nitrogens with one attached hydrogen (secondary N) is 1. The Bertz CT molecular complexity index is 358. The molecular weight excluding hydrogens is 251 g/mol. The van der Waals surface area contributed by atoms with Crippen molar-refractivity contribution in [2.45, 2.75) is 45.1 Å². The third-order valence-corrected chi connectivity index (χ3v) is 1.60. The zero-order valence-electron chi connectivity index (χ0n) is 10.6. The van der Waals surface area contributed by atoms with E-state index in [1.807, 2.05) is 5.92 Å². The van der Waals surface area contributed by atoms with Crippen LogP contribution in [0.4, 0.5) is 18.0 Å². The second-order valence-electron chi connectivity index (χ2n) is 4.73. The molecule has 0 aliphatic heterocycles. The van der Waals surface area contributed by atoms with E-state index in [0.29, 0.717) is 6.92 Å². The van der Waals surface area contributed by atoms with Crippen molar-refractivity contribution in [3.8, 4) is 11.8 Å². The maximum atomic E-state index is 12.2. The Balaban J connectivity index is 4.27. The molecule has 0 aliphatic rings. The molecule has 0 aliphatic carbocycles. The van der Waals surface area contributed by atoms with Gasteiger partial charge in [0.2, 0.25) is 5.60 Å². The zero-order valence-corrected chi connectivity index (χ0v) is 10.6. The number of halogens is 3. The first-order valence-electron chi connectivity index (χ1n) is 5.11. The van der Waals surface area contributed by atoms with Crippen LogP contribution in [0.5, 0.6) is 0 Å². The van der Waals surface area contributed by atoms with E-state index in [-0.39, 0.29) is 6.54 Å². The Hall–Kier alpha value is -1.42. The van der Waals surface area contributed by atoms with E-state index in [9.17, 15) is 18.0 Å². The molecule has 0 saturated heterocycles. The van der Waals surface area contributed by atoms with Gasteiger partial charge in [0.15, 0.2) is 0 Å². The number of alkyl carbamates (subject to hydrolysis) is 1. The molecule has 104 valence electrons. The van der Waals surface area contributed by atoms with Crippen molar-refractivity contribution in [1.82, 2.24) is 5.32 Å². The molecule has 18 heavy (non-hydrogen) atoms. The van der Waals surface area contributed by atoms with Gasteiger partial charge >= 0.3 is 12.3 Å². The quantitative estimate of drug-likeness (QED) is 0.713. The number of hydrogen-bond donors (Lipinski definition) is 2. The fraction of sp³-hybridized carbons (Fsp3) is 0.727. The maximum absolute atomic E-state index is 12.2. The predicted octanol–water partition coefficient (Wildman–Crippen LogP) is 1.83. The largest absolute Gasteiger partial charge is 0.444 e. The van der Waals surface area contributed by atoms with E-state index < -0.39 is 23.5 Å². The van der Waals surface area contributed by atoms with Gasteiger partial charge in [0.1, 0.15) is 5.60 Å². The summed E-state index contributed by atoms with van der Waals surface area (Å²) in [6, 6.07) is 0. The number of carbonyl (C=O) groups excluding carboxylic acids is 1. The Labute approximate surface area is 104 Å². The number of ether oxygens (including phenoxy) is 1. The minimum Gasteiger partial charge on any atom is -0.444 e. The first-order valence-corrected chi connectivity index (χ1v) is 5.11. The summed E-state index contributed by atoms with van der Waals surface area (Å²) in [7, 11) is 0. The molecule has 1 amide bonds. The van der Waals surface area contributed by atoms with E-state index in [0.717, 1.165) is 0 Å². The van der Waals surface area contributed by atoms with Gasteiger partial charge in [-0.1, -0.05) is 11.8 Å². The predicted molar refractivity (Wildman–Crippen MR) is 58.7 cm³/mol. The first-order chi connectivity index (χ1) is 7.85. The minimum absolute atomic E-state index is 0.346. The SMILES string of the molecule is CC(C)(C)OC(=O)NCC#CC(C)(O)C(F)(F)F. The van der Waals surface area contributed by atoms with Crippen LogP contribution in [0.15, 0.2) is 0 Å². The van der Waals surface area contributed by atoms with Crippen molar-refractivity contribution >= 4 is 6.09 Å². The van der Waals surface area contributed by atoms with E-state index in [2.05, 4.69) is 5.32 Å². The standard InChI is InChI=1S/C11H16F3NO3/c1-9(2,3)18-8(16)15-7-5-6-10(4,17)11(12,13)14/h17H,7H2,1-4H3,(H,15,16). The molecule has 0 rings (SSSR count). The number of aliphatic hydroxyl groups is 1. The Morgan fingerprint density at radius 3 is 2.17 bits per heavy atom. The number of hydrogen-bond acceptors (Lipinski definition) is 3. The van der Waals surface area contributed by atoms with Crippen LogP contribution in [0.3, 0.4) is 0 Å². The Morgan fingerprint density at radius 1 is 1.28 bits per heavy atom. The molecule has 4 nitrogen and oxygen atoms in total. The molecule has 0 saturated carbocycles. The van der Waals surface area contributed by atoms with Gasteiger partial charge in [0.05, 0.1) is 6.54 Å². The molecular formula is C11H16F3NO3. The van der Waals surface area contributed by atoms with Crippen molar-refractivity contribution in [3.05, 3.63) is 0 Å². The fourth-order valence-corrected chi connectivity index (χ4v) is 0.718. The summed E-state index contributed by atoms with van der Waals surface area (Å²) in [4.78, 5) is 11.1. The Morgan fingerprint density at radius 2 is 1.78 bits per heavy atom. The summed E-state index contributed by atoms with van der Waals surface area (Å²) in [5.74, 6) is 3.64. The van der Waals surface area contributed by atoms with Gasteiger partial charge in [-0.25, -0.2) is 4.79 Å². The van der Waals surface area contributed by atoms with Gasteiger partial charge in [-0.2, -0.15) is 13.2 Å². The number of alkyl halides is 3. The topological polar surface area (TPSA) is 58.6 Å². The van der Waals surface area contributed by atoms with Gasteiger partial charge in [-0.05, 0) is 27.7 Å². The van der Waals surface area contributed by atoms with Crippen molar-refractivity contribution in [3.63, 3.8) is 0 Å². The maximum Gasteiger partial charge on any atom is 0.428 e. The third-order valence-electron chi connectivity index (χ3n) is 1.60. The highest BCUT2D eigenvalue weighted by atomic mass is 19.4. The molecule has 7 heteroatoms. The molecule has 0 bridgehead atoms. The zero-order chi connectivity index (χ0) is 14.6. The summed E-state index contributed by atoms with van der Waals surface area (Å²) < 4.78 is 41.4. The molecule has 0 aromatic carbocycles. The number of carbonyl (C=O) groups is 1. The normalized spacial score (nSPS) is 15.1. The van der Waals surface area contributed by atoms with Crippen molar-refractivity contribution in [2.75, 3.05) is 6.54 Å². The third kappa shape index (κ3) is 6.35. The minimum atomic E-state index is -4.84. The molecule has 0 aromatic rings. The molecule has 0 radical (unpaired) electrons. The summed E-state index contributed by atoms with van der Waals surface area (Å²) >= 11 is 0. The van der Waals surface area contributed by atoms with Crippen LogP contribution in [0, 0.1) is 11.8 Å². The average Bonchev–Trinajstić information content (AvgIpc) is 2.07. The highest BCUT2D eigenvalue weighted by Gasteiger charge is 2.48. The van der Waals surface area contributed by atoms with Crippen LogP contribution in [0.2, 0.25) is 0 Å². The summed E-state index contributed by atoms with van der Waals surface area (Å²) in [5, 5.41) is 11.1. The van der Waals surface area contributed by atoms with Crippen LogP contribution in [0.25, 0.3) is 0 Å². The molecule has 1 unspecified atom stereocenters.